The first-order chi connectivity index (χ1) is 18.9. The van der Waals surface area contributed by atoms with Crippen LogP contribution in [0.2, 0.25) is 0 Å². The van der Waals surface area contributed by atoms with Crippen LogP contribution < -0.4 is 10.9 Å². The van der Waals surface area contributed by atoms with Crippen LogP contribution in [0.5, 0.6) is 0 Å². The molecule has 2 aromatic heterocycles. The molecule has 3 aromatic rings. The molecule has 9 nitrogen and oxygen atoms in total. The predicted molar refractivity (Wildman–Crippen MR) is 157 cm³/mol. The zero-order chi connectivity index (χ0) is 29.2. The van der Waals surface area contributed by atoms with Gasteiger partial charge in [-0.2, -0.15) is 0 Å². The zero-order valence-electron chi connectivity index (χ0n) is 24.9. The Balaban J connectivity index is 1.66. The molecule has 0 aliphatic carbocycles. The fraction of sp³-hybridized carbons (Fsp3) is 0.548. The average molecular weight is 550 g/mol. The first-order valence-electron chi connectivity index (χ1n) is 14.2. The molecular weight excluding hydrogens is 506 g/mol. The van der Waals surface area contributed by atoms with Gasteiger partial charge in [0.25, 0.3) is 5.56 Å². The Morgan fingerprint density at radius 2 is 1.98 bits per heavy atom. The maximum absolute atomic E-state index is 12.6. The highest BCUT2D eigenvalue weighted by Gasteiger charge is 2.26. The summed E-state index contributed by atoms with van der Waals surface area (Å²) in [6.07, 6.45) is 4.49. The quantitative estimate of drug-likeness (QED) is 0.424. The molecule has 1 fully saturated rings. The normalized spacial score (nSPS) is 16.8. The second-order valence-corrected chi connectivity index (χ2v) is 12.0. The van der Waals surface area contributed by atoms with Gasteiger partial charge >= 0.3 is 5.97 Å². The predicted octanol–water partition coefficient (Wildman–Crippen LogP) is 4.18. The minimum atomic E-state index is -0.534. The Morgan fingerprint density at radius 3 is 2.62 bits per heavy atom. The number of fused-ring (bicyclic) bond motifs is 1. The smallest absolute Gasteiger partial charge is 0.323 e. The summed E-state index contributed by atoms with van der Waals surface area (Å²) in [4.78, 5) is 44.1. The number of nitrogens with one attached hydrogen (secondary N) is 1. The molecule has 4 rings (SSSR count). The van der Waals surface area contributed by atoms with Gasteiger partial charge in [0, 0.05) is 57.5 Å². The molecule has 1 unspecified atom stereocenters. The van der Waals surface area contributed by atoms with Crippen LogP contribution in [0.1, 0.15) is 65.0 Å². The molecule has 0 bridgehead atoms. The van der Waals surface area contributed by atoms with Crippen molar-refractivity contribution in [3.8, 4) is 11.4 Å². The Kier molecular flexibility index (Phi) is 8.83. The Labute approximate surface area is 236 Å². The van der Waals surface area contributed by atoms with Crippen LogP contribution in [0.3, 0.4) is 0 Å². The molecule has 0 spiro atoms. The molecule has 1 aromatic carbocycles. The lowest BCUT2D eigenvalue weighted by atomic mass is 9.97. The van der Waals surface area contributed by atoms with E-state index >= 15 is 0 Å². The number of aryl methyl sites for hydroxylation is 2. The molecule has 1 amide bonds. The van der Waals surface area contributed by atoms with Crippen LogP contribution in [0.4, 0.5) is 0 Å². The van der Waals surface area contributed by atoms with Crippen LogP contribution in [0, 0.1) is 12.8 Å². The average Bonchev–Trinajstić information content (AvgIpc) is 3.24. The van der Waals surface area contributed by atoms with Gasteiger partial charge in [0.15, 0.2) is 0 Å². The van der Waals surface area contributed by atoms with Crippen LogP contribution in [0.15, 0.2) is 35.3 Å². The largest absolute Gasteiger partial charge is 0.459 e. The number of esters is 1. The number of piperidine rings is 1. The van der Waals surface area contributed by atoms with Crippen molar-refractivity contribution in [1.82, 2.24) is 24.3 Å². The number of carbonyl (C=O) groups excluding carboxylic acids is 2. The summed E-state index contributed by atoms with van der Waals surface area (Å²) in [5.41, 5.74) is 3.85. The number of likely N-dealkylation sites (tertiary alicyclic amines) is 1. The Morgan fingerprint density at radius 1 is 1.23 bits per heavy atom. The van der Waals surface area contributed by atoms with Crippen molar-refractivity contribution in [3.05, 3.63) is 51.9 Å². The van der Waals surface area contributed by atoms with E-state index in [0.717, 1.165) is 60.5 Å². The summed E-state index contributed by atoms with van der Waals surface area (Å²) in [5.74, 6) is 0.977. The van der Waals surface area contributed by atoms with Gasteiger partial charge in [0.1, 0.15) is 17.5 Å². The molecule has 0 saturated carbocycles. The number of carbonyl (C=O) groups is 2. The SMILES string of the molecule is CC[C@H](NCc1ccc2c(c1)nc(-c1cc(C)c(=O)n(C)c1)n2CC1CCCN(C(C)=O)C1)C(=O)OC(C)(C)C. The topological polar surface area (TPSA) is 98.5 Å². The third-order valence-electron chi connectivity index (χ3n) is 7.49. The highest BCUT2D eigenvalue weighted by Crippen LogP contribution is 2.29. The number of hydrogen-bond acceptors (Lipinski definition) is 6. The standard InChI is InChI=1S/C31H43N5O4/c1-8-25(30(39)40-31(4,5)6)32-16-22-11-12-27-26(15-22)33-28(24-14-20(2)29(38)34(7)19-24)36(27)18-23-10-9-13-35(17-23)21(3)37/h11-12,14-15,19,23,25,32H,8-10,13,16-18H2,1-7H3/t23?,25-/m0/s1. The summed E-state index contributed by atoms with van der Waals surface area (Å²) >= 11 is 0. The molecule has 0 radical (unpaired) electrons. The van der Waals surface area contributed by atoms with Gasteiger partial charge in [-0.15, -0.1) is 0 Å². The molecule has 1 aliphatic heterocycles. The number of ether oxygens (including phenoxy) is 1. The van der Waals surface area contributed by atoms with Crippen molar-refractivity contribution in [1.29, 1.82) is 0 Å². The van der Waals surface area contributed by atoms with Gasteiger partial charge in [-0.25, -0.2) is 4.98 Å². The van der Waals surface area contributed by atoms with E-state index in [1.807, 2.05) is 51.8 Å². The molecule has 1 N–H and O–H groups in total. The molecule has 9 heteroatoms. The van der Waals surface area contributed by atoms with Crippen LogP contribution in [-0.2, 0) is 34.5 Å². The van der Waals surface area contributed by atoms with Gasteiger partial charge in [-0.05, 0) is 76.6 Å². The van der Waals surface area contributed by atoms with Crippen LogP contribution in [-0.4, -0.2) is 55.6 Å². The second kappa shape index (κ2) is 12.0. The lowest BCUT2D eigenvalue weighted by Gasteiger charge is -2.32. The van der Waals surface area contributed by atoms with Crippen molar-refractivity contribution in [3.63, 3.8) is 0 Å². The van der Waals surface area contributed by atoms with E-state index in [2.05, 4.69) is 28.1 Å². The van der Waals surface area contributed by atoms with Gasteiger partial charge in [-0.3, -0.25) is 14.4 Å². The number of rotatable bonds is 8. The number of pyridine rings is 1. The molecule has 3 heterocycles. The maximum atomic E-state index is 12.6. The summed E-state index contributed by atoms with van der Waals surface area (Å²) in [5, 5.41) is 3.34. The van der Waals surface area contributed by atoms with Crippen molar-refractivity contribution in [2.24, 2.45) is 13.0 Å². The highest BCUT2D eigenvalue weighted by atomic mass is 16.6. The van der Waals surface area contributed by atoms with Crippen molar-refractivity contribution in [2.75, 3.05) is 13.1 Å². The minimum Gasteiger partial charge on any atom is -0.459 e. The molecule has 40 heavy (non-hydrogen) atoms. The van der Waals surface area contributed by atoms with Crippen LogP contribution >= 0.6 is 0 Å². The monoisotopic (exact) mass is 549 g/mol. The molecule has 1 saturated heterocycles. The van der Waals surface area contributed by atoms with E-state index in [9.17, 15) is 14.4 Å². The van der Waals surface area contributed by atoms with Crippen molar-refractivity contribution < 1.29 is 14.3 Å². The van der Waals surface area contributed by atoms with E-state index in [4.69, 9.17) is 9.72 Å². The maximum Gasteiger partial charge on any atom is 0.323 e. The summed E-state index contributed by atoms with van der Waals surface area (Å²) in [7, 11) is 1.76. The van der Waals surface area contributed by atoms with E-state index < -0.39 is 11.6 Å². The summed E-state index contributed by atoms with van der Waals surface area (Å²) in [6, 6.07) is 7.71. The fourth-order valence-electron chi connectivity index (χ4n) is 5.46. The fourth-order valence-corrected chi connectivity index (χ4v) is 5.46. The Bertz CT molecular complexity index is 1420. The van der Waals surface area contributed by atoms with Gasteiger partial charge < -0.3 is 24.1 Å². The van der Waals surface area contributed by atoms with E-state index in [1.54, 1.807) is 18.5 Å². The van der Waals surface area contributed by atoms with Crippen molar-refractivity contribution in [2.45, 2.75) is 85.5 Å². The number of imidazole rings is 1. The van der Waals surface area contributed by atoms with E-state index in [1.165, 1.54) is 0 Å². The number of nitrogens with zero attached hydrogens (tertiary/aromatic N) is 4. The third kappa shape index (κ3) is 6.81. The third-order valence-corrected chi connectivity index (χ3v) is 7.49. The lowest BCUT2D eigenvalue weighted by molar-refractivity contribution is -0.157. The summed E-state index contributed by atoms with van der Waals surface area (Å²) < 4.78 is 9.41. The molecule has 1 aliphatic rings. The van der Waals surface area contributed by atoms with Gasteiger partial charge in [0.2, 0.25) is 5.91 Å². The number of aromatic nitrogens is 3. The van der Waals surface area contributed by atoms with Gasteiger partial charge in [0.05, 0.1) is 11.0 Å². The van der Waals surface area contributed by atoms with E-state index in [0.29, 0.717) is 24.4 Å². The number of benzene rings is 1. The lowest BCUT2D eigenvalue weighted by Crippen LogP contribution is -2.40. The number of hydrogen-bond donors (Lipinski definition) is 1. The summed E-state index contributed by atoms with van der Waals surface area (Å²) in [6.45, 7) is 13.8. The first-order valence-corrected chi connectivity index (χ1v) is 14.2. The minimum absolute atomic E-state index is 0.0281. The molecule has 2 atom stereocenters. The van der Waals surface area contributed by atoms with Crippen molar-refractivity contribution >= 4 is 22.9 Å². The number of amides is 1. The highest BCUT2D eigenvalue weighted by molar-refractivity contribution is 5.81. The second-order valence-electron chi connectivity index (χ2n) is 12.0. The van der Waals surface area contributed by atoms with E-state index in [-0.39, 0.29) is 17.4 Å². The first kappa shape index (κ1) is 29.5. The molecule has 216 valence electrons. The zero-order valence-corrected chi connectivity index (χ0v) is 24.9. The molecular formula is C31H43N5O4. The van der Waals surface area contributed by atoms with Crippen LogP contribution in [0.25, 0.3) is 22.4 Å². The Hall–Kier alpha value is -3.46. The van der Waals surface area contributed by atoms with Gasteiger partial charge in [-0.1, -0.05) is 13.0 Å².